The highest BCUT2D eigenvalue weighted by atomic mass is 79.9. The molecule has 0 heterocycles. The summed E-state index contributed by atoms with van der Waals surface area (Å²) in [6.45, 7) is -0.657. The van der Waals surface area contributed by atoms with Crippen LogP contribution in [0.25, 0.3) is 0 Å². The molecule has 0 saturated heterocycles. The van der Waals surface area contributed by atoms with Gasteiger partial charge in [-0.15, -0.1) is 0 Å². The molecule has 4 N–H and O–H groups in total. The molecule has 6 nitrogen and oxygen atoms in total. The van der Waals surface area contributed by atoms with Crippen LogP contribution >= 0.6 is 15.9 Å². The molecule has 2 aromatic rings. The molecule has 0 aliphatic heterocycles. The number of Topliss-reactive ketones (excluding diaryl/α,β-unsaturated/α-hetero) is 1. The molecule has 1 unspecified atom stereocenters. The second kappa shape index (κ2) is 7.94. The van der Waals surface area contributed by atoms with Crippen molar-refractivity contribution in [1.29, 1.82) is 0 Å². The van der Waals surface area contributed by atoms with Gasteiger partial charge in [-0.25, -0.2) is 0 Å². The minimum Gasteiger partial charge on any atom is -0.508 e. The summed E-state index contributed by atoms with van der Waals surface area (Å²) in [6.07, 6.45) is 1.51. The molecule has 0 fully saturated rings. The van der Waals surface area contributed by atoms with Crippen LogP contribution in [0.15, 0.2) is 45.9 Å². The third-order valence-corrected chi connectivity index (χ3v) is 3.83. The van der Waals surface area contributed by atoms with Crippen molar-refractivity contribution >= 4 is 27.9 Å². The van der Waals surface area contributed by atoms with Crippen LogP contribution in [-0.2, 0) is 11.2 Å². The molecule has 126 valence electrons. The first kappa shape index (κ1) is 18.0. The van der Waals surface area contributed by atoms with Crippen LogP contribution in [0.1, 0.15) is 11.1 Å². The third-order valence-electron chi connectivity index (χ3n) is 3.37. The van der Waals surface area contributed by atoms with Gasteiger partial charge in [0.15, 0.2) is 17.3 Å². The van der Waals surface area contributed by atoms with Crippen LogP contribution in [0.2, 0.25) is 0 Å². The smallest absolute Gasteiger partial charge is 0.182 e. The molecule has 0 spiro atoms. The van der Waals surface area contributed by atoms with E-state index >= 15 is 0 Å². The largest absolute Gasteiger partial charge is 0.508 e. The van der Waals surface area contributed by atoms with Gasteiger partial charge in [0.05, 0.1) is 0 Å². The molecule has 1 atom stereocenters. The monoisotopic (exact) mass is 393 g/mol. The van der Waals surface area contributed by atoms with E-state index in [-0.39, 0.29) is 29.2 Å². The van der Waals surface area contributed by atoms with Crippen LogP contribution in [0.3, 0.4) is 0 Å². The standard InChI is InChI=1S/C17H16BrNO5/c18-12-6-11(17(24)15(22)7-12)8-19-14(16(23)9-20)5-10-1-3-13(21)4-2-10/h1-4,6-8,14,20-22,24H,5,9H2. The molecule has 0 radical (unpaired) electrons. The van der Waals surface area contributed by atoms with Gasteiger partial charge in [-0.1, -0.05) is 28.1 Å². The second-order valence-corrected chi connectivity index (χ2v) is 6.07. The Morgan fingerprint density at radius 2 is 1.83 bits per heavy atom. The molecule has 2 rings (SSSR count). The van der Waals surface area contributed by atoms with E-state index in [1.807, 2.05) is 0 Å². The Kier molecular flexibility index (Phi) is 5.94. The average molecular weight is 394 g/mol. The Hall–Kier alpha value is -2.38. The number of carbonyl (C=O) groups is 1. The zero-order valence-electron chi connectivity index (χ0n) is 12.6. The maximum Gasteiger partial charge on any atom is 0.182 e. The lowest BCUT2D eigenvalue weighted by Gasteiger charge is -2.11. The molecule has 7 heteroatoms. The van der Waals surface area contributed by atoms with Crippen LogP contribution in [0, 0.1) is 0 Å². The van der Waals surface area contributed by atoms with Crippen molar-refractivity contribution in [3.05, 3.63) is 52.0 Å². The van der Waals surface area contributed by atoms with Gasteiger partial charge in [0.25, 0.3) is 0 Å². The van der Waals surface area contributed by atoms with Crippen molar-refractivity contribution in [2.24, 2.45) is 4.99 Å². The number of aliphatic imine (C=N–C) groups is 1. The highest BCUT2D eigenvalue weighted by Gasteiger charge is 2.17. The number of aromatic hydroxyl groups is 3. The predicted molar refractivity (Wildman–Crippen MR) is 92.8 cm³/mol. The van der Waals surface area contributed by atoms with Crippen LogP contribution < -0.4 is 0 Å². The lowest BCUT2D eigenvalue weighted by atomic mass is 10.0. The Balaban J connectivity index is 2.26. The van der Waals surface area contributed by atoms with Gasteiger partial charge in [0, 0.05) is 22.7 Å². The number of aliphatic hydroxyl groups is 1. The summed E-state index contributed by atoms with van der Waals surface area (Å²) in [5.41, 5.74) is 1.00. The van der Waals surface area contributed by atoms with E-state index in [1.54, 1.807) is 18.2 Å². The average Bonchev–Trinajstić information content (AvgIpc) is 2.56. The summed E-state index contributed by atoms with van der Waals surface area (Å²) in [4.78, 5) is 16.0. The number of hydrogen-bond acceptors (Lipinski definition) is 6. The molecule has 0 amide bonds. The molecule has 2 aromatic carbocycles. The fourth-order valence-corrected chi connectivity index (χ4v) is 2.55. The van der Waals surface area contributed by atoms with Crippen molar-refractivity contribution in [2.75, 3.05) is 6.61 Å². The number of nitrogens with zero attached hydrogens (tertiary/aromatic N) is 1. The summed E-state index contributed by atoms with van der Waals surface area (Å²) in [7, 11) is 0. The third kappa shape index (κ3) is 4.56. The van der Waals surface area contributed by atoms with Gasteiger partial charge >= 0.3 is 0 Å². The van der Waals surface area contributed by atoms with Crippen molar-refractivity contribution in [3.8, 4) is 17.2 Å². The van der Waals surface area contributed by atoms with E-state index in [0.29, 0.717) is 4.47 Å². The van der Waals surface area contributed by atoms with Gasteiger partial charge in [0.1, 0.15) is 18.4 Å². The van der Waals surface area contributed by atoms with Gasteiger partial charge in [0.2, 0.25) is 0 Å². The van der Waals surface area contributed by atoms with Crippen LogP contribution in [-0.4, -0.2) is 45.1 Å². The SMILES string of the molecule is O=C(CO)C(Cc1ccc(O)cc1)N=Cc1cc(Br)cc(O)c1O. The van der Waals surface area contributed by atoms with E-state index in [0.717, 1.165) is 5.56 Å². The number of benzene rings is 2. The summed E-state index contributed by atoms with van der Waals surface area (Å²) in [5, 5.41) is 37.8. The van der Waals surface area contributed by atoms with E-state index in [4.69, 9.17) is 5.11 Å². The van der Waals surface area contributed by atoms with E-state index in [9.17, 15) is 20.1 Å². The molecular formula is C17H16BrNO5. The number of rotatable bonds is 6. The highest BCUT2D eigenvalue weighted by molar-refractivity contribution is 9.10. The maximum atomic E-state index is 11.9. The second-order valence-electron chi connectivity index (χ2n) is 5.15. The quantitative estimate of drug-likeness (QED) is 0.443. The highest BCUT2D eigenvalue weighted by Crippen LogP contribution is 2.31. The van der Waals surface area contributed by atoms with Crippen molar-refractivity contribution in [2.45, 2.75) is 12.5 Å². The first-order valence-electron chi connectivity index (χ1n) is 7.07. The topological polar surface area (TPSA) is 110 Å². The van der Waals surface area contributed by atoms with Crippen molar-refractivity contribution < 1.29 is 25.2 Å². The minimum atomic E-state index is -0.847. The molecule has 0 aliphatic rings. The fraction of sp³-hybridized carbons (Fsp3) is 0.176. The summed E-state index contributed by atoms with van der Waals surface area (Å²) < 4.78 is 0.544. The van der Waals surface area contributed by atoms with E-state index < -0.39 is 18.4 Å². The number of hydrogen-bond donors (Lipinski definition) is 4. The van der Waals surface area contributed by atoms with Crippen LogP contribution in [0.4, 0.5) is 0 Å². The molecule has 24 heavy (non-hydrogen) atoms. The zero-order valence-corrected chi connectivity index (χ0v) is 14.1. The van der Waals surface area contributed by atoms with Gasteiger partial charge in [-0.05, 0) is 29.8 Å². The Bertz CT molecular complexity index is 758. The Labute approximate surface area is 146 Å². The maximum absolute atomic E-state index is 11.9. The zero-order chi connectivity index (χ0) is 17.7. The predicted octanol–water partition coefficient (Wildman–Crippen LogP) is 2.16. The van der Waals surface area contributed by atoms with Crippen molar-refractivity contribution in [1.82, 2.24) is 0 Å². The first-order chi connectivity index (χ1) is 11.4. The van der Waals surface area contributed by atoms with Gasteiger partial charge < -0.3 is 20.4 Å². The Morgan fingerprint density at radius 1 is 1.17 bits per heavy atom. The number of halogens is 1. The number of aliphatic hydroxyl groups excluding tert-OH is 1. The summed E-state index contributed by atoms with van der Waals surface area (Å²) in [6, 6.07) is 8.34. The molecule has 0 aliphatic carbocycles. The number of carbonyl (C=O) groups excluding carboxylic acids is 1. The number of phenolic OH excluding ortho intramolecular Hbond substituents is 3. The number of phenols is 3. The molecule has 0 saturated carbocycles. The lowest BCUT2D eigenvalue weighted by Crippen LogP contribution is -2.24. The molecular weight excluding hydrogens is 378 g/mol. The van der Waals surface area contributed by atoms with E-state index in [2.05, 4.69) is 20.9 Å². The van der Waals surface area contributed by atoms with Crippen LogP contribution in [0.5, 0.6) is 17.2 Å². The molecule has 0 aromatic heterocycles. The van der Waals surface area contributed by atoms with Gasteiger partial charge in [-0.3, -0.25) is 9.79 Å². The van der Waals surface area contributed by atoms with E-state index in [1.165, 1.54) is 24.4 Å². The first-order valence-corrected chi connectivity index (χ1v) is 7.86. The normalized spacial score (nSPS) is 12.4. The summed E-state index contributed by atoms with van der Waals surface area (Å²) in [5.74, 6) is -1.02. The van der Waals surface area contributed by atoms with Gasteiger partial charge in [-0.2, -0.15) is 0 Å². The summed E-state index contributed by atoms with van der Waals surface area (Å²) >= 11 is 3.19. The fourth-order valence-electron chi connectivity index (χ4n) is 2.08. The lowest BCUT2D eigenvalue weighted by molar-refractivity contribution is -0.122. The Morgan fingerprint density at radius 3 is 2.46 bits per heavy atom. The van der Waals surface area contributed by atoms with Crippen molar-refractivity contribution in [3.63, 3.8) is 0 Å². The number of ketones is 1. The molecule has 0 bridgehead atoms. The minimum absolute atomic E-state index is 0.113.